The number of hydrogen-bond donors (Lipinski definition) is 0. The van der Waals surface area contributed by atoms with E-state index in [4.69, 9.17) is 9.72 Å². The number of hydrogen-bond acceptors (Lipinski definition) is 4. The molecule has 1 atom stereocenters. The second-order valence-corrected chi connectivity index (χ2v) is 10.0. The normalized spacial score (nSPS) is 19.5. The fourth-order valence-corrected chi connectivity index (χ4v) is 5.65. The van der Waals surface area contributed by atoms with Crippen molar-refractivity contribution in [2.75, 3.05) is 19.6 Å². The average molecular weight is 469 g/mol. The van der Waals surface area contributed by atoms with Crippen molar-refractivity contribution in [1.29, 1.82) is 0 Å². The molecule has 186 valence electrons. The highest BCUT2D eigenvalue weighted by atomic mass is 16.6. The maximum Gasteiger partial charge on any atom is 0.410 e. The van der Waals surface area contributed by atoms with E-state index in [-0.39, 0.29) is 24.0 Å². The molecule has 1 aromatic heterocycles. The largest absolute Gasteiger partial charge is 0.447 e. The summed E-state index contributed by atoms with van der Waals surface area (Å²) in [5, 5.41) is 0. The minimum absolute atomic E-state index is 0.130. The fraction of sp³-hybridized carbons (Fsp3) is 0.667. The van der Waals surface area contributed by atoms with Crippen molar-refractivity contribution in [1.82, 2.24) is 19.4 Å². The van der Waals surface area contributed by atoms with Gasteiger partial charge in [-0.1, -0.05) is 31.4 Å². The molecular weight excluding hydrogens is 428 g/mol. The summed E-state index contributed by atoms with van der Waals surface area (Å²) in [6.45, 7) is 8.56. The second kappa shape index (κ2) is 11.2. The quantitative estimate of drug-likeness (QED) is 0.551. The molecule has 2 fully saturated rings. The Morgan fingerprint density at radius 1 is 1.12 bits per heavy atom. The molecule has 0 spiro atoms. The van der Waals surface area contributed by atoms with E-state index in [1.807, 2.05) is 36.9 Å². The van der Waals surface area contributed by atoms with Crippen molar-refractivity contribution in [3.8, 4) is 0 Å². The zero-order chi connectivity index (χ0) is 24.1. The standard InChI is InChI=1S/C27H40N4O3/c1-4-30(22-12-6-5-7-13-22)25(32)16-18-31-24-15-9-8-14-23(24)28-26(31)21-11-10-17-29(19-21)27(33)34-20(2)3/h8-9,14-15,20-22H,4-7,10-13,16-19H2,1-3H3. The van der Waals surface area contributed by atoms with Gasteiger partial charge in [-0.05, 0) is 58.6 Å². The molecule has 1 aromatic carbocycles. The number of carbonyl (C=O) groups is 2. The van der Waals surface area contributed by atoms with E-state index >= 15 is 0 Å². The van der Waals surface area contributed by atoms with Gasteiger partial charge in [0.05, 0.1) is 17.1 Å². The van der Waals surface area contributed by atoms with Gasteiger partial charge < -0.3 is 19.1 Å². The number of para-hydroxylation sites is 2. The number of ether oxygens (including phenoxy) is 1. The van der Waals surface area contributed by atoms with Gasteiger partial charge in [0.15, 0.2) is 0 Å². The molecule has 1 unspecified atom stereocenters. The van der Waals surface area contributed by atoms with Crippen LogP contribution >= 0.6 is 0 Å². The first kappa shape index (κ1) is 24.6. The molecule has 0 N–H and O–H groups in total. The van der Waals surface area contributed by atoms with Crippen LogP contribution < -0.4 is 0 Å². The van der Waals surface area contributed by atoms with E-state index in [9.17, 15) is 9.59 Å². The third kappa shape index (κ3) is 5.56. The maximum atomic E-state index is 13.3. The number of aromatic nitrogens is 2. The Kier molecular flexibility index (Phi) is 8.11. The van der Waals surface area contributed by atoms with E-state index in [2.05, 4.69) is 22.5 Å². The van der Waals surface area contributed by atoms with E-state index in [1.165, 1.54) is 19.3 Å². The van der Waals surface area contributed by atoms with Crippen LogP contribution in [0.5, 0.6) is 0 Å². The third-order valence-corrected chi connectivity index (χ3v) is 7.29. The minimum atomic E-state index is -0.247. The Balaban J connectivity index is 1.52. The lowest BCUT2D eigenvalue weighted by molar-refractivity contribution is -0.134. The molecule has 34 heavy (non-hydrogen) atoms. The third-order valence-electron chi connectivity index (χ3n) is 7.29. The number of fused-ring (bicyclic) bond motifs is 1. The van der Waals surface area contributed by atoms with Crippen LogP contribution in [0.25, 0.3) is 11.0 Å². The van der Waals surface area contributed by atoms with Crippen LogP contribution in [0.1, 0.15) is 83.9 Å². The number of rotatable bonds is 7. The number of aryl methyl sites for hydroxylation is 1. The first-order valence-corrected chi connectivity index (χ1v) is 13.2. The van der Waals surface area contributed by atoms with Gasteiger partial charge in [0, 0.05) is 44.6 Å². The number of amides is 2. The van der Waals surface area contributed by atoms with Crippen molar-refractivity contribution in [2.24, 2.45) is 0 Å². The number of carbonyl (C=O) groups excluding carboxylic acids is 2. The van der Waals surface area contributed by atoms with Gasteiger partial charge in [0.25, 0.3) is 0 Å². The van der Waals surface area contributed by atoms with Gasteiger partial charge in [-0.25, -0.2) is 9.78 Å². The zero-order valence-corrected chi connectivity index (χ0v) is 21.0. The number of piperidine rings is 1. The Hall–Kier alpha value is -2.57. The first-order chi connectivity index (χ1) is 16.5. The van der Waals surface area contributed by atoms with Gasteiger partial charge in [0.1, 0.15) is 5.82 Å². The number of benzene rings is 1. The number of imidazole rings is 1. The first-order valence-electron chi connectivity index (χ1n) is 13.2. The molecule has 2 amide bonds. The van der Waals surface area contributed by atoms with E-state index in [0.29, 0.717) is 32.1 Å². The van der Waals surface area contributed by atoms with Gasteiger partial charge in [0.2, 0.25) is 5.91 Å². The van der Waals surface area contributed by atoms with Crippen LogP contribution in [0.2, 0.25) is 0 Å². The van der Waals surface area contributed by atoms with Crippen molar-refractivity contribution >= 4 is 23.0 Å². The summed E-state index contributed by atoms with van der Waals surface area (Å²) in [6.07, 6.45) is 7.99. The van der Waals surface area contributed by atoms with E-state index in [1.54, 1.807) is 0 Å². The van der Waals surface area contributed by atoms with Gasteiger partial charge in [-0.15, -0.1) is 0 Å². The predicted molar refractivity (Wildman–Crippen MR) is 134 cm³/mol. The number of nitrogens with zero attached hydrogens (tertiary/aromatic N) is 4. The van der Waals surface area contributed by atoms with Crippen LogP contribution in [-0.4, -0.2) is 63.1 Å². The van der Waals surface area contributed by atoms with Crippen LogP contribution in [0.3, 0.4) is 0 Å². The fourth-order valence-electron chi connectivity index (χ4n) is 5.65. The van der Waals surface area contributed by atoms with Crippen LogP contribution in [0.15, 0.2) is 24.3 Å². The summed E-state index contributed by atoms with van der Waals surface area (Å²) in [5.41, 5.74) is 2.01. The monoisotopic (exact) mass is 468 g/mol. The molecule has 2 aliphatic rings. The van der Waals surface area contributed by atoms with E-state index in [0.717, 1.165) is 49.1 Å². The molecular formula is C27H40N4O3. The Bertz CT molecular complexity index is 979. The molecule has 7 nitrogen and oxygen atoms in total. The summed E-state index contributed by atoms with van der Waals surface area (Å²) >= 11 is 0. The molecule has 1 aliphatic carbocycles. The maximum absolute atomic E-state index is 13.3. The summed E-state index contributed by atoms with van der Waals surface area (Å²) in [5.74, 6) is 1.36. The van der Waals surface area contributed by atoms with Crippen LogP contribution in [0.4, 0.5) is 4.79 Å². The van der Waals surface area contributed by atoms with Gasteiger partial charge in [-0.2, -0.15) is 0 Å². The molecule has 0 radical (unpaired) electrons. The molecule has 4 rings (SSSR count). The molecule has 7 heteroatoms. The highest BCUT2D eigenvalue weighted by molar-refractivity contribution is 5.78. The summed E-state index contributed by atoms with van der Waals surface area (Å²) < 4.78 is 7.67. The summed E-state index contributed by atoms with van der Waals surface area (Å²) in [6, 6.07) is 8.54. The summed E-state index contributed by atoms with van der Waals surface area (Å²) in [4.78, 5) is 34.7. The van der Waals surface area contributed by atoms with Gasteiger partial charge >= 0.3 is 6.09 Å². The molecule has 1 aliphatic heterocycles. The summed E-state index contributed by atoms with van der Waals surface area (Å²) in [7, 11) is 0. The molecule has 2 aromatic rings. The molecule has 1 saturated heterocycles. The highest BCUT2D eigenvalue weighted by Gasteiger charge is 2.30. The Morgan fingerprint density at radius 2 is 1.88 bits per heavy atom. The SMILES string of the molecule is CCN(C(=O)CCn1c(C2CCCN(C(=O)OC(C)C)C2)nc2ccccc21)C1CCCCC1. The Labute approximate surface area is 203 Å². The molecule has 0 bridgehead atoms. The van der Waals surface area contributed by atoms with E-state index < -0.39 is 0 Å². The van der Waals surface area contributed by atoms with Crippen molar-refractivity contribution < 1.29 is 14.3 Å². The number of likely N-dealkylation sites (tertiary alicyclic amines) is 1. The molecule has 1 saturated carbocycles. The van der Waals surface area contributed by atoms with Crippen molar-refractivity contribution in [2.45, 2.75) is 96.7 Å². The van der Waals surface area contributed by atoms with Crippen molar-refractivity contribution in [3.63, 3.8) is 0 Å². The second-order valence-electron chi connectivity index (χ2n) is 10.0. The van der Waals surface area contributed by atoms with Crippen LogP contribution in [0, 0.1) is 0 Å². The lowest BCUT2D eigenvalue weighted by atomic mass is 9.94. The minimum Gasteiger partial charge on any atom is -0.447 e. The van der Waals surface area contributed by atoms with Gasteiger partial charge in [-0.3, -0.25) is 4.79 Å². The topological polar surface area (TPSA) is 67.7 Å². The van der Waals surface area contributed by atoms with Crippen LogP contribution in [-0.2, 0) is 16.1 Å². The lowest BCUT2D eigenvalue weighted by Crippen LogP contribution is -2.42. The lowest BCUT2D eigenvalue weighted by Gasteiger charge is -2.34. The Morgan fingerprint density at radius 3 is 2.62 bits per heavy atom. The zero-order valence-electron chi connectivity index (χ0n) is 21.0. The predicted octanol–water partition coefficient (Wildman–Crippen LogP) is 5.33. The smallest absolute Gasteiger partial charge is 0.410 e. The average Bonchev–Trinajstić information content (AvgIpc) is 3.22. The molecule has 2 heterocycles. The highest BCUT2D eigenvalue weighted by Crippen LogP contribution is 2.30. The van der Waals surface area contributed by atoms with Crippen molar-refractivity contribution in [3.05, 3.63) is 30.1 Å².